The zero-order chi connectivity index (χ0) is 29.8. The van der Waals surface area contributed by atoms with E-state index in [1.165, 1.54) is 0 Å². The number of benzene rings is 2. The van der Waals surface area contributed by atoms with Crippen LogP contribution in [0, 0.1) is 0 Å². The van der Waals surface area contributed by atoms with Gasteiger partial charge in [-0.1, -0.05) is 38.8 Å². The van der Waals surface area contributed by atoms with Gasteiger partial charge in [0.05, 0.1) is 17.2 Å². The Hall–Kier alpha value is -2.16. The van der Waals surface area contributed by atoms with E-state index in [1.54, 1.807) is 0 Å². The van der Waals surface area contributed by atoms with Crippen LogP contribution >= 0.6 is 31.9 Å². The molecule has 4 rings (SSSR count). The Balaban J connectivity index is 1.65. The molecule has 0 unspecified atom stereocenters. The van der Waals surface area contributed by atoms with E-state index < -0.39 is 20.2 Å². The standard InChI is InChI=1S/C28H31Br2NO8S2/c1-2-19(15-27-22(7-3-5-13-40(32,33)34)23-17-20(29)8-10-25(23)38-27)16-28-31(12-4-6-14-41(35,36)37)24-18-21(30)9-11-26(24)39-28/h8-11,15-18H,2-7,12-14H2,1H3,(H,32,33,34)(H,35,36,37)/b19-15+,28-16-. The van der Waals surface area contributed by atoms with Crippen LogP contribution in [-0.2, 0) is 26.7 Å². The van der Waals surface area contributed by atoms with Crippen LogP contribution in [0.5, 0.6) is 5.75 Å². The Kier molecular flexibility index (Phi) is 10.4. The molecule has 1 aromatic heterocycles. The van der Waals surface area contributed by atoms with Crippen molar-refractivity contribution >= 4 is 74.8 Å². The van der Waals surface area contributed by atoms with Crippen molar-refractivity contribution in [2.45, 2.75) is 45.4 Å². The fourth-order valence-electron chi connectivity index (χ4n) is 4.64. The molecule has 3 aromatic rings. The summed E-state index contributed by atoms with van der Waals surface area (Å²) in [6, 6.07) is 11.4. The van der Waals surface area contributed by atoms with Crippen LogP contribution in [0.4, 0.5) is 5.69 Å². The second-order valence-corrected chi connectivity index (χ2v) is 14.7. The molecule has 0 atom stereocenters. The van der Waals surface area contributed by atoms with Gasteiger partial charge in [0, 0.05) is 32.5 Å². The summed E-state index contributed by atoms with van der Waals surface area (Å²) in [6.07, 6.45) is 6.80. The summed E-state index contributed by atoms with van der Waals surface area (Å²) in [4.78, 5) is 1.99. The quantitative estimate of drug-likeness (QED) is 0.136. The highest BCUT2D eigenvalue weighted by Gasteiger charge is 2.27. The summed E-state index contributed by atoms with van der Waals surface area (Å²) < 4.78 is 77.1. The van der Waals surface area contributed by atoms with Crippen molar-refractivity contribution in [3.05, 3.63) is 74.2 Å². The third-order valence-electron chi connectivity index (χ3n) is 6.62. The van der Waals surface area contributed by atoms with E-state index >= 15 is 0 Å². The number of hydrogen-bond donors (Lipinski definition) is 2. The average Bonchev–Trinajstić information content (AvgIpc) is 3.39. The van der Waals surface area contributed by atoms with Crippen LogP contribution in [0.3, 0.4) is 0 Å². The highest BCUT2D eigenvalue weighted by molar-refractivity contribution is 9.10. The molecule has 0 bridgehead atoms. The third kappa shape index (κ3) is 8.91. The number of ether oxygens (including phenoxy) is 1. The van der Waals surface area contributed by atoms with Gasteiger partial charge in [0.2, 0.25) is 5.88 Å². The summed E-state index contributed by atoms with van der Waals surface area (Å²) in [5.74, 6) is 1.33. The molecule has 41 heavy (non-hydrogen) atoms. The maximum Gasteiger partial charge on any atom is 0.264 e. The molecule has 1 aliphatic heterocycles. The van der Waals surface area contributed by atoms with Crippen LogP contribution in [0.2, 0.25) is 0 Å². The van der Waals surface area contributed by atoms with E-state index in [2.05, 4.69) is 31.9 Å². The molecule has 0 radical (unpaired) electrons. The van der Waals surface area contributed by atoms with Crippen molar-refractivity contribution < 1.29 is 35.1 Å². The molecule has 1 aliphatic rings. The summed E-state index contributed by atoms with van der Waals surface area (Å²) in [6.45, 7) is 2.50. The lowest BCUT2D eigenvalue weighted by Gasteiger charge is -2.19. The van der Waals surface area contributed by atoms with Crippen molar-refractivity contribution in [1.29, 1.82) is 0 Å². The zero-order valence-corrected chi connectivity index (χ0v) is 27.2. The van der Waals surface area contributed by atoms with Gasteiger partial charge in [0.25, 0.3) is 20.2 Å². The molecule has 13 heteroatoms. The van der Waals surface area contributed by atoms with Crippen molar-refractivity contribution in [3.63, 3.8) is 0 Å². The molecule has 2 N–H and O–H groups in total. The van der Waals surface area contributed by atoms with Crippen molar-refractivity contribution in [3.8, 4) is 5.75 Å². The third-order valence-corrected chi connectivity index (χ3v) is 9.22. The van der Waals surface area contributed by atoms with E-state index in [4.69, 9.17) is 18.3 Å². The largest absolute Gasteiger partial charge is 0.456 e. The maximum atomic E-state index is 11.2. The number of hydrogen-bond acceptors (Lipinski definition) is 7. The molecule has 0 spiro atoms. The molecule has 0 amide bonds. The fraction of sp³-hybridized carbons (Fsp3) is 0.357. The van der Waals surface area contributed by atoms with Crippen molar-refractivity contribution in [2.24, 2.45) is 0 Å². The van der Waals surface area contributed by atoms with Gasteiger partial charge in [-0.3, -0.25) is 9.11 Å². The molecule has 0 aliphatic carbocycles. The van der Waals surface area contributed by atoms with Gasteiger partial charge >= 0.3 is 0 Å². The number of halogens is 2. The second-order valence-electron chi connectivity index (χ2n) is 9.74. The minimum absolute atomic E-state index is 0.294. The van der Waals surface area contributed by atoms with E-state index in [0.717, 1.165) is 31.2 Å². The monoisotopic (exact) mass is 731 g/mol. The Morgan fingerprint density at radius 1 is 0.927 bits per heavy atom. The highest BCUT2D eigenvalue weighted by atomic mass is 79.9. The number of fused-ring (bicyclic) bond motifs is 2. The van der Waals surface area contributed by atoms with Crippen molar-refractivity contribution in [2.75, 3.05) is 23.0 Å². The van der Waals surface area contributed by atoms with Gasteiger partial charge in [-0.2, -0.15) is 16.8 Å². The smallest absolute Gasteiger partial charge is 0.264 e. The van der Waals surface area contributed by atoms with Crippen molar-refractivity contribution in [1.82, 2.24) is 0 Å². The molecule has 9 nitrogen and oxygen atoms in total. The summed E-state index contributed by atoms with van der Waals surface area (Å²) in [5, 5.41) is 0.926. The normalized spacial score (nSPS) is 15.1. The number of anilines is 1. The number of furan rings is 1. The SMILES string of the molecule is CCC(/C=C1\Oc2ccc(Br)cc2N1CCCCS(=O)(=O)O)=C\c1oc2ccc(Br)cc2c1CCCCS(=O)(=O)O. The molecule has 2 aromatic carbocycles. The summed E-state index contributed by atoms with van der Waals surface area (Å²) in [7, 11) is -8.05. The first-order valence-corrected chi connectivity index (χ1v) is 17.9. The van der Waals surface area contributed by atoms with E-state index in [1.807, 2.05) is 60.4 Å². The first-order chi connectivity index (χ1) is 19.3. The lowest BCUT2D eigenvalue weighted by atomic mass is 10.0. The van der Waals surface area contributed by atoms with Gasteiger partial charge in [0.1, 0.15) is 11.3 Å². The van der Waals surface area contributed by atoms with E-state index in [9.17, 15) is 16.8 Å². The minimum atomic E-state index is -4.03. The van der Waals surface area contributed by atoms with Gasteiger partial charge in [-0.25, -0.2) is 0 Å². The zero-order valence-electron chi connectivity index (χ0n) is 22.3. The van der Waals surface area contributed by atoms with Gasteiger partial charge in [-0.05, 0) is 86.6 Å². The van der Waals surface area contributed by atoms with Crippen LogP contribution in [0.1, 0.15) is 50.4 Å². The maximum absolute atomic E-state index is 11.2. The lowest BCUT2D eigenvalue weighted by Crippen LogP contribution is -2.22. The first kappa shape index (κ1) is 31.8. The van der Waals surface area contributed by atoms with Crippen LogP contribution in [-0.4, -0.2) is 44.0 Å². The topological polar surface area (TPSA) is 134 Å². The molecule has 2 heterocycles. The number of allylic oxidation sites excluding steroid dienone is 2. The lowest BCUT2D eigenvalue weighted by molar-refractivity contribution is 0.436. The Morgan fingerprint density at radius 3 is 2.27 bits per heavy atom. The molecule has 0 saturated heterocycles. The fourth-order valence-corrected chi connectivity index (χ4v) is 6.49. The molecule has 0 saturated carbocycles. The Bertz CT molecular complexity index is 1700. The molecular formula is C28H31Br2NO8S2. The van der Waals surface area contributed by atoms with E-state index in [-0.39, 0.29) is 11.5 Å². The molecular weight excluding hydrogens is 702 g/mol. The average molecular weight is 733 g/mol. The molecule has 0 fully saturated rings. The summed E-state index contributed by atoms with van der Waals surface area (Å²) in [5.41, 5.74) is 3.43. The number of aryl methyl sites for hydroxylation is 1. The first-order valence-electron chi connectivity index (χ1n) is 13.1. The van der Waals surface area contributed by atoms with Crippen LogP contribution < -0.4 is 9.64 Å². The van der Waals surface area contributed by atoms with E-state index in [0.29, 0.717) is 68.0 Å². The number of unbranched alkanes of at least 4 members (excludes halogenated alkanes) is 2. The predicted molar refractivity (Wildman–Crippen MR) is 167 cm³/mol. The Morgan fingerprint density at radius 2 is 1.59 bits per heavy atom. The van der Waals surface area contributed by atoms with Crippen LogP contribution in [0.15, 0.2) is 67.3 Å². The number of rotatable bonds is 13. The minimum Gasteiger partial charge on any atom is -0.456 e. The predicted octanol–water partition coefficient (Wildman–Crippen LogP) is 7.37. The second kappa shape index (κ2) is 13.4. The highest BCUT2D eigenvalue weighted by Crippen LogP contribution is 2.41. The van der Waals surface area contributed by atoms with Gasteiger partial charge in [-0.15, -0.1) is 0 Å². The molecule has 222 valence electrons. The Labute approximate surface area is 257 Å². The van der Waals surface area contributed by atoms with Gasteiger partial charge < -0.3 is 14.1 Å². The van der Waals surface area contributed by atoms with Crippen LogP contribution in [0.25, 0.3) is 17.0 Å². The number of nitrogens with zero attached hydrogens (tertiary/aromatic N) is 1. The summed E-state index contributed by atoms with van der Waals surface area (Å²) >= 11 is 7.02. The van der Waals surface area contributed by atoms with Gasteiger partial charge in [0.15, 0.2) is 5.75 Å².